The summed E-state index contributed by atoms with van der Waals surface area (Å²) in [5.74, 6) is 0.466. The molecule has 11 heteroatoms. The van der Waals surface area contributed by atoms with Crippen molar-refractivity contribution in [2.45, 2.75) is 57.2 Å². The highest BCUT2D eigenvalue weighted by Crippen LogP contribution is 2.40. The van der Waals surface area contributed by atoms with Crippen LogP contribution in [0.1, 0.15) is 56.1 Å². The normalized spacial score (nSPS) is 16.4. The standard InChI is InChI=1S/C28H29Cl2N5O3S/c1-27(2,3)38-26(37)35-12-11-16-13-17(9-10-19(16)28(35,4)5)32-25-31-14-18-23(33-25)39-15-34(24(18)36)22-20(29)7-6-8-21(22)30/h6-10,13-14H,11-12,15H2,1-5H3,(H,31,32,33). The lowest BCUT2D eigenvalue weighted by Crippen LogP contribution is -2.51. The minimum absolute atomic E-state index is 0.254. The van der Waals surface area contributed by atoms with Gasteiger partial charge in [0.05, 0.1) is 32.7 Å². The molecule has 2 aromatic carbocycles. The number of nitrogens with one attached hydrogen (secondary N) is 1. The van der Waals surface area contributed by atoms with E-state index in [1.54, 1.807) is 28.0 Å². The van der Waals surface area contributed by atoms with E-state index in [2.05, 4.69) is 21.4 Å². The quantitative estimate of drug-likeness (QED) is 0.323. The van der Waals surface area contributed by atoms with E-state index in [9.17, 15) is 9.59 Å². The zero-order chi connectivity index (χ0) is 28.1. The van der Waals surface area contributed by atoms with Crippen molar-refractivity contribution in [3.8, 4) is 0 Å². The Bertz CT molecular complexity index is 1450. The number of para-hydroxylation sites is 1. The van der Waals surface area contributed by atoms with Crippen LogP contribution in [-0.2, 0) is 16.7 Å². The van der Waals surface area contributed by atoms with E-state index in [1.807, 2.05) is 46.8 Å². The number of amides is 2. The van der Waals surface area contributed by atoms with Gasteiger partial charge in [-0.05, 0) is 76.4 Å². The van der Waals surface area contributed by atoms with E-state index >= 15 is 0 Å². The van der Waals surface area contributed by atoms with Crippen LogP contribution in [0.3, 0.4) is 0 Å². The molecule has 0 aliphatic carbocycles. The molecule has 0 fully saturated rings. The molecular formula is C28H29Cl2N5O3S. The van der Waals surface area contributed by atoms with Gasteiger partial charge in [0, 0.05) is 18.4 Å². The van der Waals surface area contributed by atoms with E-state index in [0.29, 0.717) is 51.1 Å². The van der Waals surface area contributed by atoms with Gasteiger partial charge in [0.2, 0.25) is 5.95 Å². The highest BCUT2D eigenvalue weighted by molar-refractivity contribution is 7.99. The summed E-state index contributed by atoms with van der Waals surface area (Å²) in [7, 11) is 0. The number of carbonyl (C=O) groups excluding carboxylic acids is 2. The van der Waals surface area contributed by atoms with Crippen LogP contribution in [0.25, 0.3) is 0 Å². The van der Waals surface area contributed by atoms with Crippen molar-refractivity contribution in [1.29, 1.82) is 0 Å². The lowest BCUT2D eigenvalue weighted by Gasteiger charge is -2.44. The zero-order valence-electron chi connectivity index (χ0n) is 22.3. The van der Waals surface area contributed by atoms with E-state index in [4.69, 9.17) is 27.9 Å². The van der Waals surface area contributed by atoms with E-state index in [-0.39, 0.29) is 12.0 Å². The van der Waals surface area contributed by atoms with Crippen LogP contribution >= 0.6 is 35.0 Å². The number of benzene rings is 2. The van der Waals surface area contributed by atoms with Gasteiger partial charge in [-0.1, -0.05) is 47.1 Å². The Morgan fingerprint density at radius 3 is 2.56 bits per heavy atom. The number of anilines is 3. The Kier molecular flexibility index (Phi) is 7.20. The molecule has 0 saturated carbocycles. The van der Waals surface area contributed by atoms with Gasteiger partial charge in [0.1, 0.15) is 10.6 Å². The maximum absolute atomic E-state index is 13.2. The number of ether oxygens (including phenoxy) is 1. The number of hydrogen-bond donors (Lipinski definition) is 1. The van der Waals surface area contributed by atoms with Crippen LogP contribution < -0.4 is 10.2 Å². The van der Waals surface area contributed by atoms with Crippen LogP contribution in [0.5, 0.6) is 0 Å². The number of thioether (sulfide) groups is 1. The molecule has 0 bridgehead atoms. The number of aromatic nitrogens is 2. The molecule has 1 N–H and O–H groups in total. The van der Waals surface area contributed by atoms with Crippen LogP contribution in [0.4, 0.5) is 22.1 Å². The van der Waals surface area contributed by atoms with Crippen molar-refractivity contribution >= 4 is 64.3 Å². The highest BCUT2D eigenvalue weighted by Gasteiger charge is 2.39. The van der Waals surface area contributed by atoms with Crippen molar-refractivity contribution in [1.82, 2.24) is 14.9 Å². The van der Waals surface area contributed by atoms with Crippen LogP contribution in [0, 0.1) is 0 Å². The van der Waals surface area contributed by atoms with Gasteiger partial charge in [-0.25, -0.2) is 14.8 Å². The lowest BCUT2D eigenvalue weighted by atomic mass is 9.83. The summed E-state index contributed by atoms with van der Waals surface area (Å²) in [6, 6.07) is 11.2. The number of halogens is 2. The van der Waals surface area contributed by atoms with Crippen molar-refractivity contribution in [2.75, 3.05) is 22.6 Å². The average Bonchev–Trinajstić information content (AvgIpc) is 2.84. The first kappa shape index (κ1) is 27.6. The second kappa shape index (κ2) is 10.2. The molecule has 3 heterocycles. The fourth-order valence-corrected chi connectivity index (χ4v) is 6.37. The van der Waals surface area contributed by atoms with Gasteiger partial charge in [0.15, 0.2) is 0 Å². The zero-order valence-corrected chi connectivity index (χ0v) is 24.7. The summed E-state index contributed by atoms with van der Waals surface area (Å²) in [4.78, 5) is 38.4. The Morgan fingerprint density at radius 2 is 1.87 bits per heavy atom. The fraction of sp³-hybridized carbons (Fsp3) is 0.357. The molecule has 8 nitrogen and oxygen atoms in total. The summed E-state index contributed by atoms with van der Waals surface area (Å²) in [6.07, 6.45) is 1.91. The predicted molar refractivity (Wildman–Crippen MR) is 155 cm³/mol. The van der Waals surface area contributed by atoms with Gasteiger partial charge in [-0.2, -0.15) is 0 Å². The van der Waals surface area contributed by atoms with Crippen LogP contribution in [0.15, 0.2) is 47.6 Å². The summed E-state index contributed by atoms with van der Waals surface area (Å²) in [5.41, 5.74) is 2.82. The summed E-state index contributed by atoms with van der Waals surface area (Å²) >= 11 is 14.1. The second-order valence-electron chi connectivity index (χ2n) is 10.9. The minimum Gasteiger partial charge on any atom is -0.444 e. The van der Waals surface area contributed by atoms with Gasteiger partial charge in [-0.3, -0.25) is 14.6 Å². The molecule has 0 spiro atoms. The average molecular weight is 587 g/mol. The molecule has 204 valence electrons. The molecule has 1 aromatic heterocycles. The Hall–Kier alpha value is -3.01. The number of rotatable bonds is 3. The van der Waals surface area contributed by atoms with Gasteiger partial charge in [0.25, 0.3) is 5.91 Å². The van der Waals surface area contributed by atoms with Crippen molar-refractivity contribution in [3.05, 3.63) is 69.3 Å². The highest BCUT2D eigenvalue weighted by atomic mass is 35.5. The first-order valence-corrected chi connectivity index (χ1v) is 14.3. The lowest BCUT2D eigenvalue weighted by molar-refractivity contribution is -0.000308. The van der Waals surface area contributed by atoms with Gasteiger partial charge in [-0.15, -0.1) is 0 Å². The third kappa shape index (κ3) is 5.40. The molecule has 2 amide bonds. The van der Waals surface area contributed by atoms with E-state index < -0.39 is 11.1 Å². The second-order valence-corrected chi connectivity index (χ2v) is 12.7. The number of hydrogen-bond acceptors (Lipinski definition) is 7. The van der Waals surface area contributed by atoms with E-state index in [1.165, 1.54) is 18.0 Å². The van der Waals surface area contributed by atoms with Crippen molar-refractivity contribution in [2.24, 2.45) is 0 Å². The minimum atomic E-state index is -0.557. The first-order chi connectivity index (χ1) is 18.3. The monoisotopic (exact) mass is 585 g/mol. The van der Waals surface area contributed by atoms with Crippen LogP contribution in [0.2, 0.25) is 10.0 Å². The smallest absolute Gasteiger partial charge is 0.411 e. The maximum Gasteiger partial charge on any atom is 0.411 e. The molecule has 2 aliphatic heterocycles. The first-order valence-electron chi connectivity index (χ1n) is 12.5. The predicted octanol–water partition coefficient (Wildman–Crippen LogP) is 7.27. The molecule has 2 aliphatic rings. The Balaban J connectivity index is 1.34. The maximum atomic E-state index is 13.2. The van der Waals surface area contributed by atoms with Gasteiger partial charge < -0.3 is 10.1 Å². The Labute approximate surface area is 242 Å². The molecule has 3 aromatic rings. The van der Waals surface area contributed by atoms with Gasteiger partial charge >= 0.3 is 6.09 Å². The molecule has 0 radical (unpaired) electrons. The molecule has 0 atom stereocenters. The topological polar surface area (TPSA) is 87.7 Å². The Morgan fingerprint density at radius 1 is 1.15 bits per heavy atom. The molecule has 0 unspecified atom stereocenters. The molecule has 39 heavy (non-hydrogen) atoms. The SMILES string of the molecule is CC(C)(C)OC(=O)N1CCc2cc(Nc3ncc4c(n3)SCN(c3c(Cl)cccc3Cl)C4=O)ccc2C1(C)C. The third-order valence-corrected chi connectivity index (χ3v) is 8.26. The molecule has 0 saturated heterocycles. The summed E-state index contributed by atoms with van der Waals surface area (Å²) in [6.45, 7) is 10.2. The molecule has 5 rings (SSSR count). The van der Waals surface area contributed by atoms with Crippen LogP contribution in [-0.4, -0.2) is 44.9 Å². The van der Waals surface area contributed by atoms with E-state index in [0.717, 1.165) is 16.8 Å². The van der Waals surface area contributed by atoms with Crippen molar-refractivity contribution < 1.29 is 14.3 Å². The number of nitrogens with zero attached hydrogens (tertiary/aromatic N) is 4. The fourth-order valence-electron chi connectivity index (χ4n) is 4.82. The third-order valence-electron chi connectivity index (χ3n) is 6.68. The summed E-state index contributed by atoms with van der Waals surface area (Å²) < 4.78 is 5.64. The van der Waals surface area contributed by atoms with Crippen molar-refractivity contribution in [3.63, 3.8) is 0 Å². The number of carbonyl (C=O) groups is 2. The molecular weight excluding hydrogens is 557 g/mol. The summed E-state index contributed by atoms with van der Waals surface area (Å²) in [5, 5.41) is 4.66. The number of fused-ring (bicyclic) bond motifs is 2. The largest absolute Gasteiger partial charge is 0.444 e.